The smallest absolute Gasteiger partial charge is 0.336 e. The molecule has 3 aromatic rings. The molecule has 0 radical (unpaired) electrons. The number of fused-ring (bicyclic) bond motifs is 2. The summed E-state index contributed by atoms with van der Waals surface area (Å²) in [5.41, 5.74) is 0.0212. The van der Waals surface area contributed by atoms with Gasteiger partial charge in [0.15, 0.2) is 11.2 Å². The van der Waals surface area contributed by atoms with Crippen molar-refractivity contribution >= 4 is 21.9 Å². The number of aromatic hydroxyl groups is 1. The lowest BCUT2D eigenvalue weighted by molar-refractivity contribution is 0.401. The highest BCUT2D eigenvalue weighted by Gasteiger charge is 2.18. The van der Waals surface area contributed by atoms with Gasteiger partial charge in [-0.2, -0.15) is 0 Å². The van der Waals surface area contributed by atoms with Crippen LogP contribution in [0.4, 0.5) is 0 Å². The van der Waals surface area contributed by atoms with Gasteiger partial charge in [-0.1, -0.05) is 0 Å². The summed E-state index contributed by atoms with van der Waals surface area (Å²) in [6.45, 7) is 0. The Morgan fingerprint density at radius 3 is 2.71 bits per heavy atom. The van der Waals surface area contributed by atoms with Crippen molar-refractivity contribution in [1.29, 1.82) is 0 Å². The molecule has 0 spiro atoms. The van der Waals surface area contributed by atoms with Gasteiger partial charge >= 0.3 is 5.63 Å². The predicted octanol–water partition coefficient (Wildman–Crippen LogP) is 2.25. The van der Waals surface area contributed by atoms with Crippen molar-refractivity contribution in [3.05, 3.63) is 34.9 Å². The quantitative estimate of drug-likeness (QED) is 0.651. The molecular formula is C12H8O5. The van der Waals surface area contributed by atoms with E-state index in [9.17, 15) is 9.90 Å². The second-order valence-corrected chi connectivity index (χ2v) is 3.54. The van der Waals surface area contributed by atoms with Crippen LogP contribution in [0.3, 0.4) is 0 Å². The van der Waals surface area contributed by atoms with Gasteiger partial charge in [0.2, 0.25) is 5.75 Å². The number of phenolic OH excluding ortho intramolecular Hbond substituents is 1. The third kappa shape index (κ3) is 1.22. The molecule has 0 saturated carbocycles. The summed E-state index contributed by atoms with van der Waals surface area (Å²) < 4.78 is 15.4. The molecule has 0 unspecified atom stereocenters. The minimum absolute atomic E-state index is 0.00769. The summed E-state index contributed by atoms with van der Waals surface area (Å²) in [4.78, 5) is 11.2. The van der Waals surface area contributed by atoms with Gasteiger partial charge in [0, 0.05) is 6.07 Å². The Labute approximate surface area is 94.8 Å². The molecule has 1 aromatic carbocycles. The Morgan fingerprint density at radius 2 is 1.94 bits per heavy atom. The maximum Gasteiger partial charge on any atom is 0.336 e. The molecule has 0 aliphatic heterocycles. The minimum atomic E-state index is -0.513. The minimum Gasteiger partial charge on any atom is -0.506 e. The first-order valence-electron chi connectivity index (χ1n) is 4.92. The highest BCUT2D eigenvalue weighted by molar-refractivity contribution is 6.06. The van der Waals surface area contributed by atoms with Crippen LogP contribution in [0.1, 0.15) is 0 Å². The molecule has 2 aromatic heterocycles. The van der Waals surface area contributed by atoms with Gasteiger partial charge in [-0.3, -0.25) is 0 Å². The van der Waals surface area contributed by atoms with Crippen molar-refractivity contribution in [2.45, 2.75) is 0 Å². The van der Waals surface area contributed by atoms with E-state index in [4.69, 9.17) is 13.6 Å². The number of methoxy groups -OCH3 is 1. The first-order valence-corrected chi connectivity index (χ1v) is 4.92. The Bertz CT molecular complexity index is 765. The molecule has 2 heterocycles. The van der Waals surface area contributed by atoms with Crippen molar-refractivity contribution in [2.24, 2.45) is 0 Å². The van der Waals surface area contributed by atoms with Crippen LogP contribution in [0.2, 0.25) is 0 Å². The van der Waals surface area contributed by atoms with Crippen LogP contribution in [0.15, 0.2) is 38.1 Å². The first kappa shape index (κ1) is 9.77. The molecule has 0 fully saturated rings. The number of phenols is 1. The number of benzene rings is 1. The zero-order valence-electron chi connectivity index (χ0n) is 8.89. The fourth-order valence-electron chi connectivity index (χ4n) is 1.88. The van der Waals surface area contributed by atoms with Crippen LogP contribution >= 0.6 is 0 Å². The van der Waals surface area contributed by atoms with Gasteiger partial charge in [0.25, 0.3) is 0 Å². The molecule has 17 heavy (non-hydrogen) atoms. The van der Waals surface area contributed by atoms with Gasteiger partial charge in [0.05, 0.1) is 24.1 Å². The third-order valence-electron chi connectivity index (χ3n) is 2.63. The second-order valence-electron chi connectivity index (χ2n) is 3.54. The van der Waals surface area contributed by atoms with Crippen molar-refractivity contribution < 1.29 is 18.7 Å². The van der Waals surface area contributed by atoms with Crippen molar-refractivity contribution in [2.75, 3.05) is 7.11 Å². The molecule has 0 atom stereocenters. The number of ether oxygens (including phenoxy) is 1. The Balaban J connectivity index is 2.66. The van der Waals surface area contributed by atoms with Crippen molar-refractivity contribution in [3.8, 4) is 11.5 Å². The lowest BCUT2D eigenvalue weighted by Gasteiger charge is -2.06. The molecule has 3 rings (SSSR count). The van der Waals surface area contributed by atoms with Crippen LogP contribution in [0.5, 0.6) is 11.5 Å². The predicted molar refractivity (Wildman–Crippen MR) is 60.5 cm³/mol. The summed E-state index contributed by atoms with van der Waals surface area (Å²) >= 11 is 0. The average Bonchev–Trinajstić information content (AvgIpc) is 2.79. The monoisotopic (exact) mass is 232 g/mol. The summed E-state index contributed by atoms with van der Waals surface area (Å²) in [6.07, 6.45) is 1.43. The van der Waals surface area contributed by atoms with Gasteiger partial charge < -0.3 is 18.7 Å². The molecule has 0 amide bonds. The molecule has 5 nitrogen and oxygen atoms in total. The number of furan rings is 1. The summed E-state index contributed by atoms with van der Waals surface area (Å²) in [5, 5.41) is 11.0. The topological polar surface area (TPSA) is 72.8 Å². The van der Waals surface area contributed by atoms with E-state index in [1.165, 1.54) is 25.5 Å². The molecule has 1 N–H and O–H groups in total. The zero-order chi connectivity index (χ0) is 12.0. The SMILES string of the molecule is COc1c2occc2c(O)c2ccc(=O)oc12. The second kappa shape index (κ2) is 3.28. The van der Waals surface area contributed by atoms with Crippen LogP contribution in [-0.2, 0) is 0 Å². The molecule has 0 aliphatic carbocycles. The van der Waals surface area contributed by atoms with Crippen LogP contribution in [-0.4, -0.2) is 12.2 Å². The standard InChI is InChI=1S/C12H8O5/c1-15-12-10-7(4-5-16-10)9(14)6-2-3-8(13)17-11(6)12/h2-5,14H,1H3. The maximum absolute atomic E-state index is 11.2. The maximum atomic E-state index is 11.2. The van der Waals surface area contributed by atoms with E-state index in [1.54, 1.807) is 6.07 Å². The fourth-order valence-corrected chi connectivity index (χ4v) is 1.88. The molecular weight excluding hydrogens is 224 g/mol. The summed E-state index contributed by atoms with van der Waals surface area (Å²) in [5.74, 6) is 0.309. The Hall–Kier alpha value is -2.43. The van der Waals surface area contributed by atoms with Crippen LogP contribution in [0.25, 0.3) is 21.9 Å². The zero-order valence-corrected chi connectivity index (χ0v) is 8.89. The lowest BCUT2D eigenvalue weighted by atomic mass is 10.1. The van der Waals surface area contributed by atoms with E-state index in [-0.39, 0.29) is 11.3 Å². The van der Waals surface area contributed by atoms with E-state index in [0.29, 0.717) is 22.1 Å². The van der Waals surface area contributed by atoms with Gasteiger partial charge in [-0.25, -0.2) is 4.79 Å². The average molecular weight is 232 g/mol. The molecule has 0 saturated heterocycles. The van der Waals surface area contributed by atoms with Gasteiger partial charge in [-0.05, 0) is 12.1 Å². The van der Waals surface area contributed by atoms with Gasteiger partial charge in [0.1, 0.15) is 5.75 Å². The molecule has 5 heteroatoms. The van der Waals surface area contributed by atoms with E-state index < -0.39 is 5.63 Å². The summed E-state index contributed by atoms with van der Waals surface area (Å²) in [6, 6.07) is 4.36. The number of hydrogen-bond acceptors (Lipinski definition) is 5. The van der Waals surface area contributed by atoms with Crippen molar-refractivity contribution in [1.82, 2.24) is 0 Å². The van der Waals surface area contributed by atoms with E-state index >= 15 is 0 Å². The molecule has 0 bridgehead atoms. The number of rotatable bonds is 1. The Morgan fingerprint density at radius 1 is 1.18 bits per heavy atom. The molecule has 86 valence electrons. The summed E-state index contributed by atoms with van der Waals surface area (Å²) in [7, 11) is 1.45. The largest absolute Gasteiger partial charge is 0.506 e. The molecule has 0 aliphatic rings. The van der Waals surface area contributed by atoms with E-state index in [1.807, 2.05) is 0 Å². The fraction of sp³-hybridized carbons (Fsp3) is 0.0833. The lowest BCUT2D eigenvalue weighted by Crippen LogP contribution is -1.96. The van der Waals surface area contributed by atoms with E-state index in [2.05, 4.69) is 0 Å². The third-order valence-corrected chi connectivity index (χ3v) is 2.63. The highest BCUT2D eigenvalue weighted by atomic mass is 16.5. The van der Waals surface area contributed by atoms with Gasteiger partial charge in [-0.15, -0.1) is 0 Å². The Kier molecular flexibility index (Phi) is 1.89. The van der Waals surface area contributed by atoms with Crippen LogP contribution < -0.4 is 10.4 Å². The van der Waals surface area contributed by atoms with Crippen LogP contribution in [0, 0.1) is 0 Å². The first-order chi connectivity index (χ1) is 8.22. The number of hydrogen-bond donors (Lipinski definition) is 1. The van der Waals surface area contributed by atoms with E-state index in [0.717, 1.165) is 0 Å². The van der Waals surface area contributed by atoms with Crippen molar-refractivity contribution in [3.63, 3.8) is 0 Å². The normalized spacial score (nSPS) is 11.1. The highest BCUT2D eigenvalue weighted by Crippen LogP contribution is 2.41.